The Kier molecular flexibility index (Phi) is 10.9. The van der Waals surface area contributed by atoms with Crippen LogP contribution in [0.5, 0.6) is 0 Å². The molecule has 0 aromatic heterocycles. The van der Waals surface area contributed by atoms with Crippen LogP contribution in [0.1, 0.15) is 31.7 Å². The molecule has 23 heavy (non-hydrogen) atoms. The lowest BCUT2D eigenvalue weighted by Crippen LogP contribution is -2.45. The molecular weight excluding hydrogens is 357 g/mol. The number of piperidine rings is 1. The van der Waals surface area contributed by atoms with Crippen molar-refractivity contribution < 1.29 is 4.79 Å². The lowest BCUT2D eigenvalue weighted by molar-refractivity contribution is -0.122. The summed E-state index contributed by atoms with van der Waals surface area (Å²) in [7, 11) is 0. The van der Waals surface area contributed by atoms with E-state index in [1.807, 2.05) is 19.1 Å². The number of nitrogens with one attached hydrogen (secondary N) is 1. The molecule has 3 N–H and O–H groups in total. The molecule has 1 fully saturated rings. The van der Waals surface area contributed by atoms with Crippen LogP contribution in [0.15, 0.2) is 24.3 Å². The Labute approximate surface area is 155 Å². The Morgan fingerprint density at radius 3 is 2.39 bits per heavy atom. The third-order valence-corrected chi connectivity index (χ3v) is 4.03. The summed E-state index contributed by atoms with van der Waals surface area (Å²) >= 11 is 5.90. The Hall–Kier alpha value is -0.520. The van der Waals surface area contributed by atoms with Crippen molar-refractivity contribution >= 4 is 42.3 Å². The van der Waals surface area contributed by atoms with Crippen LogP contribution in [0.3, 0.4) is 0 Å². The zero-order chi connectivity index (χ0) is 15.2. The fourth-order valence-corrected chi connectivity index (χ4v) is 2.79. The van der Waals surface area contributed by atoms with Gasteiger partial charge < -0.3 is 11.1 Å². The number of halogens is 3. The van der Waals surface area contributed by atoms with Crippen LogP contribution in [0.2, 0.25) is 5.02 Å². The van der Waals surface area contributed by atoms with Gasteiger partial charge in [-0.3, -0.25) is 9.69 Å². The Bertz CT molecular complexity index is 460. The van der Waals surface area contributed by atoms with Gasteiger partial charge in [0.05, 0.1) is 0 Å². The first kappa shape index (κ1) is 22.5. The lowest BCUT2D eigenvalue weighted by atomic mass is 10.0. The van der Waals surface area contributed by atoms with Gasteiger partial charge in [-0.1, -0.05) is 23.7 Å². The molecular formula is C16H26Cl3N3O. The van der Waals surface area contributed by atoms with Gasteiger partial charge in [0.15, 0.2) is 0 Å². The van der Waals surface area contributed by atoms with Gasteiger partial charge in [0.2, 0.25) is 5.91 Å². The Morgan fingerprint density at radius 1 is 1.30 bits per heavy atom. The smallest absolute Gasteiger partial charge is 0.221 e. The molecule has 1 unspecified atom stereocenters. The van der Waals surface area contributed by atoms with Gasteiger partial charge in [-0.25, -0.2) is 0 Å². The predicted octanol–water partition coefficient (Wildman–Crippen LogP) is 3.00. The predicted molar refractivity (Wildman–Crippen MR) is 101 cm³/mol. The van der Waals surface area contributed by atoms with Gasteiger partial charge in [-0.15, -0.1) is 24.8 Å². The summed E-state index contributed by atoms with van der Waals surface area (Å²) in [5.41, 5.74) is 6.92. The van der Waals surface area contributed by atoms with E-state index in [0.29, 0.717) is 6.42 Å². The number of hydrogen-bond acceptors (Lipinski definition) is 3. The molecule has 0 bridgehead atoms. The van der Waals surface area contributed by atoms with Crippen molar-refractivity contribution in [2.75, 3.05) is 13.1 Å². The van der Waals surface area contributed by atoms with E-state index in [-0.39, 0.29) is 42.8 Å². The van der Waals surface area contributed by atoms with E-state index in [1.54, 1.807) is 0 Å². The fraction of sp³-hybridized carbons (Fsp3) is 0.562. The highest BCUT2D eigenvalue weighted by molar-refractivity contribution is 6.30. The highest BCUT2D eigenvalue weighted by Gasteiger charge is 2.20. The summed E-state index contributed by atoms with van der Waals surface area (Å²) in [6.45, 7) is 4.81. The molecule has 1 heterocycles. The van der Waals surface area contributed by atoms with Gasteiger partial charge in [0, 0.05) is 43.2 Å². The maximum atomic E-state index is 11.7. The largest absolute Gasteiger partial charge is 0.353 e. The molecule has 2 rings (SSSR count). The topological polar surface area (TPSA) is 58.4 Å². The molecule has 0 aliphatic carbocycles. The van der Waals surface area contributed by atoms with Crippen molar-refractivity contribution in [3.05, 3.63) is 34.9 Å². The van der Waals surface area contributed by atoms with E-state index in [1.165, 1.54) is 5.56 Å². The number of nitrogens with zero attached hydrogens (tertiary/aromatic N) is 1. The molecule has 0 radical (unpaired) electrons. The standard InChI is InChI=1S/C16H24ClN3O.2ClH/c1-12(18)10-16(21)19-15-6-8-20(9-7-15)11-13-2-4-14(17)5-3-13;;/h2-5,12,15H,6-11,18H2,1H3,(H,19,21);2*1H. The van der Waals surface area contributed by atoms with E-state index in [2.05, 4.69) is 22.3 Å². The van der Waals surface area contributed by atoms with Gasteiger partial charge in [0.25, 0.3) is 0 Å². The van der Waals surface area contributed by atoms with Crippen LogP contribution in [-0.4, -0.2) is 36.0 Å². The number of hydrogen-bond donors (Lipinski definition) is 2. The summed E-state index contributed by atoms with van der Waals surface area (Å²) in [5, 5.41) is 3.85. The molecule has 1 aliphatic heterocycles. The second-order valence-corrected chi connectivity index (χ2v) is 6.36. The number of amides is 1. The van der Waals surface area contributed by atoms with Crippen molar-refractivity contribution in [3.63, 3.8) is 0 Å². The number of nitrogens with two attached hydrogens (primary N) is 1. The zero-order valence-electron chi connectivity index (χ0n) is 13.3. The zero-order valence-corrected chi connectivity index (χ0v) is 15.7. The van der Waals surface area contributed by atoms with E-state index < -0.39 is 0 Å². The molecule has 0 spiro atoms. The fourth-order valence-electron chi connectivity index (χ4n) is 2.66. The first-order valence-electron chi connectivity index (χ1n) is 7.54. The van der Waals surface area contributed by atoms with E-state index >= 15 is 0 Å². The molecule has 1 aromatic carbocycles. The SMILES string of the molecule is CC(N)CC(=O)NC1CCN(Cc2ccc(Cl)cc2)CC1.Cl.Cl. The molecule has 0 saturated carbocycles. The molecule has 1 saturated heterocycles. The molecule has 1 amide bonds. The first-order valence-corrected chi connectivity index (χ1v) is 7.92. The number of carbonyl (C=O) groups excluding carboxylic acids is 1. The minimum absolute atomic E-state index is 0. The van der Waals surface area contributed by atoms with E-state index in [0.717, 1.165) is 37.5 Å². The second-order valence-electron chi connectivity index (χ2n) is 5.93. The van der Waals surface area contributed by atoms with Gasteiger partial charge in [-0.2, -0.15) is 0 Å². The summed E-state index contributed by atoms with van der Waals surface area (Å²) in [6.07, 6.45) is 2.40. The van der Waals surface area contributed by atoms with Gasteiger partial charge in [0.1, 0.15) is 0 Å². The number of carbonyl (C=O) groups is 1. The maximum absolute atomic E-state index is 11.7. The Balaban J connectivity index is 0.00000242. The van der Waals surface area contributed by atoms with Crippen molar-refractivity contribution in [2.24, 2.45) is 5.73 Å². The molecule has 7 heteroatoms. The number of likely N-dealkylation sites (tertiary alicyclic amines) is 1. The van der Waals surface area contributed by atoms with Crippen LogP contribution in [0.4, 0.5) is 0 Å². The monoisotopic (exact) mass is 381 g/mol. The molecule has 1 aliphatic rings. The first-order chi connectivity index (χ1) is 10.0. The van der Waals surface area contributed by atoms with Crippen molar-refractivity contribution in [1.82, 2.24) is 10.2 Å². The average molecular weight is 383 g/mol. The average Bonchev–Trinajstić information content (AvgIpc) is 2.42. The minimum Gasteiger partial charge on any atom is -0.353 e. The van der Waals surface area contributed by atoms with E-state index in [4.69, 9.17) is 17.3 Å². The van der Waals surface area contributed by atoms with Crippen LogP contribution in [0.25, 0.3) is 0 Å². The molecule has 1 atom stereocenters. The summed E-state index contributed by atoms with van der Waals surface area (Å²) < 4.78 is 0. The van der Waals surface area contributed by atoms with Crippen molar-refractivity contribution in [3.8, 4) is 0 Å². The second kappa shape index (κ2) is 11.1. The highest BCUT2D eigenvalue weighted by Crippen LogP contribution is 2.16. The molecule has 1 aromatic rings. The van der Waals surface area contributed by atoms with Gasteiger partial charge >= 0.3 is 0 Å². The quantitative estimate of drug-likeness (QED) is 0.823. The summed E-state index contributed by atoms with van der Waals surface area (Å²) in [4.78, 5) is 14.1. The summed E-state index contributed by atoms with van der Waals surface area (Å²) in [5.74, 6) is 0.0705. The molecule has 132 valence electrons. The lowest BCUT2D eigenvalue weighted by Gasteiger charge is -2.32. The normalized spacial score (nSPS) is 16.8. The number of benzene rings is 1. The van der Waals surface area contributed by atoms with Crippen LogP contribution in [-0.2, 0) is 11.3 Å². The van der Waals surface area contributed by atoms with Crippen LogP contribution < -0.4 is 11.1 Å². The molecule has 4 nitrogen and oxygen atoms in total. The van der Waals surface area contributed by atoms with E-state index in [9.17, 15) is 4.79 Å². The van der Waals surface area contributed by atoms with Gasteiger partial charge in [-0.05, 0) is 37.5 Å². The van der Waals surface area contributed by atoms with Crippen LogP contribution in [0, 0.1) is 0 Å². The third-order valence-electron chi connectivity index (χ3n) is 3.78. The summed E-state index contributed by atoms with van der Waals surface area (Å²) in [6, 6.07) is 8.21. The Morgan fingerprint density at radius 2 is 1.87 bits per heavy atom. The van der Waals surface area contributed by atoms with Crippen molar-refractivity contribution in [1.29, 1.82) is 0 Å². The highest BCUT2D eigenvalue weighted by atomic mass is 35.5. The minimum atomic E-state index is -0.0741. The third kappa shape index (κ3) is 8.23. The van der Waals surface area contributed by atoms with Crippen LogP contribution >= 0.6 is 36.4 Å². The maximum Gasteiger partial charge on any atom is 0.221 e. The number of rotatable bonds is 5. The van der Waals surface area contributed by atoms with Crippen molar-refractivity contribution in [2.45, 2.75) is 44.8 Å².